The predicted molar refractivity (Wildman–Crippen MR) is 154 cm³/mol. The average Bonchev–Trinajstić information content (AvgIpc) is 3.19. The van der Waals surface area contributed by atoms with Gasteiger partial charge in [0, 0.05) is 10.8 Å². The van der Waals surface area contributed by atoms with Crippen LogP contribution in [0.25, 0.3) is 11.1 Å². The normalized spacial score (nSPS) is 31.4. The third kappa shape index (κ3) is 4.39. The molecule has 5 unspecified atom stereocenters. The van der Waals surface area contributed by atoms with Gasteiger partial charge in [-0.05, 0) is 108 Å². The zero-order valence-electron chi connectivity index (χ0n) is 22.1. The minimum Gasteiger partial charge on any atom is -0.130 e. The largest absolute Gasteiger partial charge is 0.130 e. The van der Waals surface area contributed by atoms with Crippen molar-refractivity contribution in [2.75, 3.05) is 6.26 Å². The molecule has 0 heterocycles. The summed E-state index contributed by atoms with van der Waals surface area (Å²) in [5.74, 6) is 2.98. The van der Waals surface area contributed by atoms with Gasteiger partial charge in [0.15, 0.2) is 0 Å². The van der Waals surface area contributed by atoms with Crippen molar-refractivity contribution >= 4 is 11.8 Å². The topological polar surface area (TPSA) is 0 Å². The van der Waals surface area contributed by atoms with Crippen molar-refractivity contribution in [2.45, 2.75) is 76.5 Å². The summed E-state index contributed by atoms with van der Waals surface area (Å²) in [6.45, 7) is 11.6. The highest BCUT2D eigenvalue weighted by molar-refractivity contribution is 7.98. The van der Waals surface area contributed by atoms with Crippen molar-refractivity contribution in [1.82, 2.24) is 0 Å². The smallest absolute Gasteiger partial charge is 0.00695 e. The lowest BCUT2D eigenvalue weighted by atomic mass is 9.52. The first-order chi connectivity index (χ1) is 17.0. The molecule has 0 radical (unpaired) electrons. The van der Waals surface area contributed by atoms with E-state index >= 15 is 0 Å². The minimum absolute atomic E-state index is 0.460. The monoisotopic (exact) mass is 482 g/mol. The first kappa shape index (κ1) is 24.7. The lowest BCUT2D eigenvalue weighted by molar-refractivity contribution is 0.0717. The molecule has 0 saturated heterocycles. The summed E-state index contributed by atoms with van der Waals surface area (Å²) in [5, 5.41) is 0. The van der Waals surface area contributed by atoms with Gasteiger partial charge in [0.2, 0.25) is 0 Å². The Hall–Kier alpha value is -1.99. The molecule has 5 rings (SSSR count). The van der Waals surface area contributed by atoms with Crippen LogP contribution in [0, 0.1) is 23.2 Å². The Kier molecular flexibility index (Phi) is 7.18. The van der Waals surface area contributed by atoms with Crippen molar-refractivity contribution in [3.05, 3.63) is 89.5 Å². The second-order valence-electron chi connectivity index (χ2n) is 11.5. The number of fused-ring (bicyclic) bond motifs is 3. The molecule has 0 aromatic heterocycles. The van der Waals surface area contributed by atoms with E-state index in [0.29, 0.717) is 11.3 Å². The number of rotatable bonds is 6. The van der Waals surface area contributed by atoms with Crippen LogP contribution in [0.3, 0.4) is 0 Å². The fourth-order valence-corrected chi connectivity index (χ4v) is 8.21. The molecule has 3 aliphatic rings. The molecule has 5 atom stereocenters. The van der Waals surface area contributed by atoms with Crippen molar-refractivity contribution in [3.63, 3.8) is 0 Å². The molecule has 2 aromatic carbocycles. The zero-order valence-corrected chi connectivity index (χ0v) is 23.0. The van der Waals surface area contributed by atoms with Crippen LogP contribution in [0.5, 0.6) is 0 Å². The van der Waals surface area contributed by atoms with Crippen LogP contribution in [-0.4, -0.2) is 6.26 Å². The second-order valence-corrected chi connectivity index (χ2v) is 12.3. The molecule has 2 saturated carbocycles. The number of allylic oxidation sites excluding steroid dienone is 5. The summed E-state index contributed by atoms with van der Waals surface area (Å²) in [6.07, 6.45) is 15.6. The fourth-order valence-electron chi connectivity index (χ4n) is 7.80. The summed E-state index contributed by atoms with van der Waals surface area (Å²) in [7, 11) is 0. The van der Waals surface area contributed by atoms with E-state index in [1.54, 1.807) is 28.5 Å². The van der Waals surface area contributed by atoms with Gasteiger partial charge in [-0.15, -0.1) is 11.8 Å². The van der Waals surface area contributed by atoms with Crippen molar-refractivity contribution in [3.8, 4) is 11.1 Å². The van der Waals surface area contributed by atoms with E-state index in [0.717, 1.165) is 17.8 Å². The van der Waals surface area contributed by atoms with Gasteiger partial charge >= 0.3 is 0 Å². The Morgan fingerprint density at radius 3 is 2.31 bits per heavy atom. The summed E-state index contributed by atoms with van der Waals surface area (Å²) in [4.78, 5) is 1.32. The molecule has 0 amide bonds. The van der Waals surface area contributed by atoms with Gasteiger partial charge in [0.1, 0.15) is 0 Å². The van der Waals surface area contributed by atoms with Crippen molar-refractivity contribution < 1.29 is 0 Å². The van der Waals surface area contributed by atoms with Crippen LogP contribution >= 0.6 is 11.8 Å². The maximum absolute atomic E-state index is 4.05. The lowest BCUT2D eigenvalue weighted by Gasteiger charge is -2.52. The van der Waals surface area contributed by atoms with Crippen LogP contribution in [-0.2, 0) is 0 Å². The third-order valence-electron chi connectivity index (χ3n) is 9.80. The summed E-state index contributed by atoms with van der Waals surface area (Å²) < 4.78 is 0. The Morgan fingerprint density at radius 1 is 1.00 bits per heavy atom. The summed E-state index contributed by atoms with van der Waals surface area (Å²) in [6, 6.07) is 18.6. The Balaban J connectivity index is 1.58. The third-order valence-corrected chi connectivity index (χ3v) is 10.5. The Morgan fingerprint density at radius 2 is 1.69 bits per heavy atom. The Labute approximate surface area is 218 Å². The molecule has 184 valence electrons. The second kappa shape index (κ2) is 10.2. The standard InChI is InChI=1S/C34H42S/c1-6-8-26-17-20-30-32-21-10-23(3)34(32,4)22-31(33(30)29(26)9-7-2)27-13-11-24(12-14-27)25-15-18-28(35-5)19-16-25/h6,8,11-16,18-19,23,30-32H,1,7,9-10,17,20-22H2,2-5H3/b26-8-. The first-order valence-electron chi connectivity index (χ1n) is 13.8. The van der Waals surface area contributed by atoms with Gasteiger partial charge < -0.3 is 0 Å². The van der Waals surface area contributed by atoms with Crippen molar-refractivity contribution in [1.29, 1.82) is 0 Å². The van der Waals surface area contributed by atoms with E-state index in [9.17, 15) is 0 Å². The molecule has 1 heteroatoms. The van der Waals surface area contributed by atoms with Crippen LogP contribution in [0.4, 0.5) is 0 Å². The zero-order chi connectivity index (χ0) is 24.6. The molecular formula is C34H42S. The van der Waals surface area contributed by atoms with E-state index in [1.807, 2.05) is 6.08 Å². The van der Waals surface area contributed by atoms with Crippen LogP contribution in [0.15, 0.2) is 88.9 Å². The maximum Gasteiger partial charge on any atom is 0.00695 e. The molecule has 2 fully saturated rings. The highest BCUT2D eigenvalue weighted by atomic mass is 32.2. The number of hydrogen-bond donors (Lipinski definition) is 0. The molecule has 2 aromatic rings. The highest BCUT2D eigenvalue weighted by Crippen LogP contribution is 2.65. The van der Waals surface area contributed by atoms with E-state index in [2.05, 4.69) is 88.2 Å². The van der Waals surface area contributed by atoms with Crippen LogP contribution in [0.1, 0.15) is 77.2 Å². The maximum atomic E-state index is 4.05. The highest BCUT2D eigenvalue weighted by Gasteiger charge is 2.54. The molecule has 0 spiro atoms. The first-order valence-corrected chi connectivity index (χ1v) is 15.0. The number of benzene rings is 2. The SMILES string of the molecule is C=C/C=C1/CCC2C(=C1CCC)C(c1ccc(-c3ccc(SC)cc3)cc1)CC1(C)C(C)CCC21. The summed E-state index contributed by atoms with van der Waals surface area (Å²) in [5.41, 5.74) is 9.69. The number of hydrogen-bond acceptors (Lipinski definition) is 1. The van der Waals surface area contributed by atoms with E-state index < -0.39 is 0 Å². The van der Waals surface area contributed by atoms with Gasteiger partial charge in [0.05, 0.1) is 0 Å². The van der Waals surface area contributed by atoms with Gasteiger partial charge in [-0.25, -0.2) is 0 Å². The molecule has 0 aliphatic heterocycles. The molecular weight excluding hydrogens is 440 g/mol. The van der Waals surface area contributed by atoms with Gasteiger partial charge in [-0.2, -0.15) is 0 Å². The predicted octanol–water partition coefficient (Wildman–Crippen LogP) is 10.2. The van der Waals surface area contributed by atoms with Gasteiger partial charge in [0.25, 0.3) is 0 Å². The van der Waals surface area contributed by atoms with Crippen molar-refractivity contribution in [2.24, 2.45) is 23.2 Å². The van der Waals surface area contributed by atoms with Gasteiger partial charge in [-0.1, -0.05) is 87.9 Å². The van der Waals surface area contributed by atoms with E-state index in [-0.39, 0.29) is 0 Å². The van der Waals surface area contributed by atoms with E-state index in [1.165, 1.54) is 66.5 Å². The molecule has 0 nitrogen and oxygen atoms in total. The quantitative estimate of drug-likeness (QED) is 0.369. The Bertz CT molecular complexity index is 1120. The van der Waals surface area contributed by atoms with E-state index in [4.69, 9.17) is 0 Å². The summed E-state index contributed by atoms with van der Waals surface area (Å²) >= 11 is 1.80. The lowest BCUT2D eigenvalue weighted by Crippen LogP contribution is -2.42. The van der Waals surface area contributed by atoms with Crippen LogP contribution in [0.2, 0.25) is 0 Å². The van der Waals surface area contributed by atoms with Gasteiger partial charge in [-0.3, -0.25) is 0 Å². The molecule has 35 heavy (non-hydrogen) atoms. The molecule has 3 aliphatic carbocycles. The minimum atomic E-state index is 0.460. The fraction of sp³-hybridized carbons (Fsp3) is 0.471. The molecule has 0 bridgehead atoms. The number of thioether (sulfide) groups is 1. The average molecular weight is 483 g/mol. The molecule has 0 N–H and O–H groups in total. The van der Waals surface area contributed by atoms with Crippen LogP contribution < -0.4 is 0 Å².